The molecular formula is C13H10ClF3S. The molecule has 2 rings (SSSR count). The molecule has 0 aliphatic carbocycles. The number of hydrogen-bond acceptors (Lipinski definition) is 1. The van der Waals surface area contributed by atoms with E-state index in [4.69, 9.17) is 11.6 Å². The van der Waals surface area contributed by atoms with Crippen molar-refractivity contribution in [2.45, 2.75) is 18.0 Å². The second kappa shape index (κ2) is 5.33. The largest absolute Gasteiger partial charge is 0.416 e. The normalized spacial score (nSPS) is 13.6. The third-order valence-electron chi connectivity index (χ3n) is 2.56. The molecule has 18 heavy (non-hydrogen) atoms. The first-order valence-corrected chi connectivity index (χ1v) is 6.62. The number of benzene rings is 1. The molecule has 0 radical (unpaired) electrons. The summed E-state index contributed by atoms with van der Waals surface area (Å²) in [7, 11) is 0. The first-order chi connectivity index (χ1) is 8.47. The number of hydrogen-bond donors (Lipinski definition) is 0. The molecule has 96 valence electrons. The number of halogens is 4. The molecule has 0 nitrogen and oxygen atoms in total. The average molecular weight is 291 g/mol. The predicted octanol–water partition coefficient (Wildman–Crippen LogP) is 5.29. The molecule has 1 heterocycles. The Labute approximate surface area is 112 Å². The van der Waals surface area contributed by atoms with E-state index in [1.165, 1.54) is 12.1 Å². The van der Waals surface area contributed by atoms with Gasteiger partial charge < -0.3 is 0 Å². The molecule has 2 aromatic rings. The van der Waals surface area contributed by atoms with Gasteiger partial charge in [0.15, 0.2) is 0 Å². The number of rotatable bonds is 3. The zero-order valence-electron chi connectivity index (χ0n) is 9.25. The summed E-state index contributed by atoms with van der Waals surface area (Å²) < 4.78 is 37.2. The Kier molecular flexibility index (Phi) is 3.97. The predicted molar refractivity (Wildman–Crippen MR) is 68.1 cm³/mol. The highest BCUT2D eigenvalue weighted by atomic mass is 35.5. The summed E-state index contributed by atoms with van der Waals surface area (Å²) in [6, 6.07) is 8.90. The Balaban J connectivity index is 2.10. The smallest absolute Gasteiger partial charge is 0.166 e. The molecule has 0 amide bonds. The van der Waals surface area contributed by atoms with Gasteiger partial charge >= 0.3 is 6.18 Å². The Morgan fingerprint density at radius 2 is 1.78 bits per heavy atom. The van der Waals surface area contributed by atoms with Crippen molar-refractivity contribution in [2.75, 3.05) is 0 Å². The second-order valence-electron chi connectivity index (χ2n) is 3.87. The van der Waals surface area contributed by atoms with Crippen LogP contribution in [0.2, 0.25) is 0 Å². The molecule has 0 bridgehead atoms. The summed E-state index contributed by atoms with van der Waals surface area (Å²) in [5.74, 6) is 0. The van der Waals surface area contributed by atoms with Gasteiger partial charge in [-0.3, -0.25) is 0 Å². The minimum absolute atomic E-state index is 0.300. The summed E-state index contributed by atoms with van der Waals surface area (Å²) in [5.41, 5.74) is 0.0595. The molecule has 0 saturated carbocycles. The number of thiophene rings is 1. The van der Waals surface area contributed by atoms with E-state index in [1.807, 2.05) is 17.5 Å². The molecule has 1 atom stereocenters. The monoisotopic (exact) mass is 290 g/mol. The molecule has 0 spiro atoms. The van der Waals surface area contributed by atoms with Gasteiger partial charge in [-0.05, 0) is 29.1 Å². The van der Waals surface area contributed by atoms with Crippen molar-refractivity contribution >= 4 is 22.9 Å². The van der Waals surface area contributed by atoms with Crippen molar-refractivity contribution in [3.63, 3.8) is 0 Å². The topological polar surface area (TPSA) is 0 Å². The molecule has 0 aliphatic rings. The van der Waals surface area contributed by atoms with Crippen molar-refractivity contribution in [1.82, 2.24) is 0 Å². The van der Waals surface area contributed by atoms with Crippen molar-refractivity contribution in [1.29, 1.82) is 0 Å². The first kappa shape index (κ1) is 13.4. The van der Waals surface area contributed by atoms with E-state index in [0.29, 0.717) is 12.0 Å². The van der Waals surface area contributed by atoms with Gasteiger partial charge in [0.25, 0.3) is 0 Å². The van der Waals surface area contributed by atoms with E-state index in [9.17, 15) is 13.2 Å². The van der Waals surface area contributed by atoms with Gasteiger partial charge in [0.1, 0.15) is 0 Å². The third-order valence-corrected chi connectivity index (χ3v) is 3.87. The number of alkyl halides is 4. The zero-order valence-corrected chi connectivity index (χ0v) is 10.8. The lowest BCUT2D eigenvalue weighted by atomic mass is 10.1. The van der Waals surface area contributed by atoms with E-state index in [-0.39, 0.29) is 5.38 Å². The summed E-state index contributed by atoms with van der Waals surface area (Å²) >= 11 is 7.78. The van der Waals surface area contributed by atoms with Gasteiger partial charge in [0, 0.05) is 11.3 Å². The molecule has 0 aliphatic heterocycles. The van der Waals surface area contributed by atoms with Crippen molar-refractivity contribution in [3.8, 4) is 0 Å². The van der Waals surface area contributed by atoms with Crippen LogP contribution in [0.1, 0.15) is 21.4 Å². The van der Waals surface area contributed by atoms with Crippen LogP contribution in [0.25, 0.3) is 0 Å². The molecule has 1 aromatic carbocycles. The molecular weight excluding hydrogens is 281 g/mol. The first-order valence-electron chi connectivity index (χ1n) is 5.30. The van der Waals surface area contributed by atoms with E-state index in [2.05, 4.69) is 0 Å². The highest BCUT2D eigenvalue weighted by Gasteiger charge is 2.30. The lowest BCUT2D eigenvalue weighted by Gasteiger charge is -2.11. The van der Waals surface area contributed by atoms with Crippen LogP contribution < -0.4 is 0 Å². The van der Waals surface area contributed by atoms with Crippen LogP contribution in [-0.4, -0.2) is 0 Å². The molecule has 0 saturated heterocycles. The summed E-state index contributed by atoms with van der Waals surface area (Å²) in [6.45, 7) is 0. The van der Waals surface area contributed by atoms with Crippen molar-refractivity contribution in [3.05, 3.63) is 57.8 Å². The Hall–Kier alpha value is -1.00. The van der Waals surface area contributed by atoms with Gasteiger partial charge in [-0.15, -0.1) is 22.9 Å². The Morgan fingerprint density at radius 3 is 2.28 bits per heavy atom. The zero-order chi connectivity index (χ0) is 13.2. The lowest BCUT2D eigenvalue weighted by molar-refractivity contribution is -0.137. The minimum Gasteiger partial charge on any atom is -0.166 e. The fraction of sp³-hybridized carbons (Fsp3) is 0.231. The van der Waals surface area contributed by atoms with Crippen LogP contribution in [0.5, 0.6) is 0 Å². The molecule has 1 aromatic heterocycles. The summed E-state index contributed by atoms with van der Waals surface area (Å²) in [4.78, 5) is 1.12. The van der Waals surface area contributed by atoms with Gasteiger partial charge in [-0.2, -0.15) is 13.2 Å². The van der Waals surface area contributed by atoms with Crippen LogP contribution in [0.4, 0.5) is 13.2 Å². The van der Waals surface area contributed by atoms with Gasteiger partial charge in [-0.1, -0.05) is 18.2 Å². The Bertz CT molecular complexity index is 488. The van der Waals surface area contributed by atoms with Crippen LogP contribution in [0.3, 0.4) is 0 Å². The standard InChI is InChI=1S/C13H10ClF3S/c14-12(8-11-2-1-7-18-11)9-3-5-10(6-4-9)13(15,16)17/h1-7,12H,8H2. The summed E-state index contributed by atoms with van der Waals surface area (Å²) in [5, 5.41) is 1.65. The SMILES string of the molecule is FC(F)(F)c1ccc(C(Cl)Cc2cccs2)cc1. The third kappa shape index (κ3) is 3.27. The van der Waals surface area contributed by atoms with Gasteiger partial charge in [0.05, 0.1) is 10.9 Å². The van der Waals surface area contributed by atoms with E-state index in [0.717, 1.165) is 17.0 Å². The Morgan fingerprint density at radius 1 is 1.11 bits per heavy atom. The van der Waals surface area contributed by atoms with Crippen LogP contribution in [0.15, 0.2) is 41.8 Å². The fourth-order valence-electron chi connectivity index (χ4n) is 1.60. The van der Waals surface area contributed by atoms with Crippen molar-refractivity contribution < 1.29 is 13.2 Å². The maximum atomic E-state index is 12.4. The maximum Gasteiger partial charge on any atom is 0.416 e. The molecule has 0 N–H and O–H groups in total. The maximum absolute atomic E-state index is 12.4. The van der Waals surface area contributed by atoms with Crippen molar-refractivity contribution in [2.24, 2.45) is 0 Å². The van der Waals surface area contributed by atoms with E-state index < -0.39 is 11.7 Å². The quantitative estimate of drug-likeness (QED) is 0.674. The highest BCUT2D eigenvalue weighted by molar-refractivity contribution is 7.09. The van der Waals surface area contributed by atoms with Crippen LogP contribution in [-0.2, 0) is 12.6 Å². The minimum atomic E-state index is -4.30. The van der Waals surface area contributed by atoms with Gasteiger partial charge in [-0.25, -0.2) is 0 Å². The fourth-order valence-corrected chi connectivity index (χ4v) is 2.76. The molecule has 0 fully saturated rings. The lowest BCUT2D eigenvalue weighted by Crippen LogP contribution is -2.05. The van der Waals surface area contributed by atoms with Crippen LogP contribution >= 0.6 is 22.9 Å². The van der Waals surface area contributed by atoms with Crippen LogP contribution in [0, 0.1) is 0 Å². The van der Waals surface area contributed by atoms with E-state index in [1.54, 1.807) is 11.3 Å². The second-order valence-corrected chi connectivity index (χ2v) is 5.43. The summed E-state index contributed by atoms with van der Waals surface area (Å²) in [6.07, 6.45) is -3.67. The van der Waals surface area contributed by atoms with E-state index >= 15 is 0 Å². The van der Waals surface area contributed by atoms with Gasteiger partial charge in [0.2, 0.25) is 0 Å². The molecule has 5 heteroatoms. The highest BCUT2D eigenvalue weighted by Crippen LogP contribution is 2.32. The molecule has 1 unspecified atom stereocenters. The average Bonchev–Trinajstić information content (AvgIpc) is 2.81.